The van der Waals surface area contributed by atoms with Crippen LogP contribution in [0.3, 0.4) is 0 Å². The van der Waals surface area contributed by atoms with Gasteiger partial charge in [0.1, 0.15) is 36.6 Å². The largest absolute Gasteiger partial charge is 0.387 e. The summed E-state index contributed by atoms with van der Waals surface area (Å²) in [5, 5.41) is 37.6. The van der Waals surface area contributed by atoms with Gasteiger partial charge in [-0.2, -0.15) is 0 Å². The van der Waals surface area contributed by atoms with Gasteiger partial charge in [0.15, 0.2) is 0 Å². The van der Waals surface area contributed by atoms with Crippen molar-refractivity contribution < 1.29 is 25.2 Å². The standard InChI is InChI=1S/C8H12O5/c9-5-3-1-2-4(13-3)6(10)8(12)7(5)11/h1-12H. The van der Waals surface area contributed by atoms with Crippen LogP contribution in [0.4, 0.5) is 0 Å². The topological polar surface area (TPSA) is 90.2 Å². The molecule has 74 valence electrons. The Bertz CT molecular complexity index is 207. The van der Waals surface area contributed by atoms with E-state index in [4.69, 9.17) is 4.74 Å². The van der Waals surface area contributed by atoms with E-state index in [1.165, 1.54) is 0 Å². The van der Waals surface area contributed by atoms with E-state index in [0.29, 0.717) is 0 Å². The van der Waals surface area contributed by atoms with Gasteiger partial charge >= 0.3 is 0 Å². The molecule has 13 heavy (non-hydrogen) atoms. The Balaban J connectivity index is 2.26. The molecule has 6 atom stereocenters. The molecule has 5 nitrogen and oxygen atoms in total. The maximum absolute atomic E-state index is 9.43. The highest BCUT2D eigenvalue weighted by atomic mass is 16.5. The summed E-state index contributed by atoms with van der Waals surface area (Å²) in [7, 11) is 0. The van der Waals surface area contributed by atoms with Crippen LogP contribution in [0.1, 0.15) is 0 Å². The maximum atomic E-state index is 9.43. The fraction of sp³-hybridized carbons (Fsp3) is 0.750. The summed E-state index contributed by atoms with van der Waals surface area (Å²) in [5.74, 6) is 0. The van der Waals surface area contributed by atoms with Crippen molar-refractivity contribution in [2.45, 2.75) is 36.6 Å². The molecular formula is C8H12O5. The third-order valence-corrected chi connectivity index (χ3v) is 2.53. The molecule has 2 aliphatic rings. The minimum atomic E-state index is -1.37. The molecule has 5 heteroatoms. The van der Waals surface area contributed by atoms with Crippen molar-refractivity contribution in [1.82, 2.24) is 0 Å². The van der Waals surface area contributed by atoms with Gasteiger partial charge in [0.05, 0.1) is 0 Å². The fourth-order valence-corrected chi connectivity index (χ4v) is 1.67. The number of aliphatic hydroxyl groups excluding tert-OH is 4. The third kappa shape index (κ3) is 1.29. The molecule has 0 aromatic heterocycles. The quantitative estimate of drug-likeness (QED) is 0.323. The van der Waals surface area contributed by atoms with Crippen LogP contribution in [0, 0.1) is 0 Å². The number of ether oxygens (including phenoxy) is 1. The second kappa shape index (κ2) is 3.04. The molecule has 0 aliphatic carbocycles. The molecule has 2 bridgehead atoms. The molecule has 0 amide bonds. The Morgan fingerprint density at radius 2 is 1.08 bits per heavy atom. The summed E-state index contributed by atoms with van der Waals surface area (Å²) < 4.78 is 5.16. The highest BCUT2D eigenvalue weighted by molar-refractivity contribution is 5.12. The lowest BCUT2D eigenvalue weighted by Crippen LogP contribution is -2.47. The number of hydrogen-bond acceptors (Lipinski definition) is 5. The van der Waals surface area contributed by atoms with E-state index in [2.05, 4.69) is 0 Å². The van der Waals surface area contributed by atoms with Crippen molar-refractivity contribution in [2.24, 2.45) is 0 Å². The van der Waals surface area contributed by atoms with Crippen LogP contribution in [0.5, 0.6) is 0 Å². The second-order valence-electron chi connectivity index (χ2n) is 3.41. The number of rotatable bonds is 0. The molecule has 2 rings (SSSR count). The highest BCUT2D eigenvalue weighted by Crippen LogP contribution is 2.26. The van der Waals surface area contributed by atoms with Gasteiger partial charge in [-0.05, 0) is 0 Å². The highest BCUT2D eigenvalue weighted by Gasteiger charge is 2.45. The summed E-state index contributed by atoms with van der Waals surface area (Å²) in [6, 6.07) is 0. The molecule has 6 unspecified atom stereocenters. The fourth-order valence-electron chi connectivity index (χ4n) is 1.67. The molecule has 1 fully saturated rings. The van der Waals surface area contributed by atoms with E-state index in [-0.39, 0.29) is 0 Å². The average molecular weight is 188 g/mol. The zero-order chi connectivity index (χ0) is 9.59. The van der Waals surface area contributed by atoms with E-state index < -0.39 is 36.6 Å². The van der Waals surface area contributed by atoms with Gasteiger partial charge in [0, 0.05) is 0 Å². The Morgan fingerprint density at radius 3 is 1.46 bits per heavy atom. The van der Waals surface area contributed by atoms with E-state index >= 15 is 0 Å². The Kier molecular flexibility index (Phi) is 2.13. The molecule has 2 aliphatic heterocycles. The minimum absolute atomic E-state index is 0.633. The van der Waals surface area contributed by atoms with Gasteiger partial charge in [0.25, 0.3) is 0 Å². The van der Waals surface area contributed by atoms with Gasteiger partial charge in [-0.1, -0.05) is 12.2 Å². The van der Waals surface area contributed by atoms with Gasteiger partial charge < -0.3 is 25.2 Å². The van der Waals surface area contributed by atoms with Crippen LogP contribution in [0.25, 0.3) is 0 Å². The zero-order valence-electron chi connectivity index (χ0n) is 6.82. The lowest BCUT2D eigenvalue weighted by atomic mass is 9.96. The normalized spacial score (nSPS) is 55.1. The number of fused-ring (bicyclic) bond motifs is 2. The van der Waals surface area contributed by atoms with Gasteiger partial charge in [0.2, 0.25) is 0 Å². The van der Waals surface area contributed by atoms with E-state index in [9.17, 15) is 20.4 Å². The first kappa shape index (κ1) is 9.11. The van der Waals surface area contributed by atoms with E-state index in [1.807, 2.05) is 0 Å². The molecule has 0 aromatic carbocycles. The first-order chi connectivity index (χ1) is 6.11. The van der Waals surface area contributed by atoms with Crippen LogP contribution >= 0.6 is 0 Å². The third-order valence-electron chi connectivity index (χ3n) is 2.53. The van der Waals surface area contributed by atoms with Crippen molar-refractivity contribution >= 4 is 0 Å². The second-order valence-corrected chi connectivity index (χ2v) is 3.41. The minimum Gasteiger partial charge on any atom is -0.387 e. The van der Waals surface area contributed by atoms with Crippen LogP contribution in [0.2, 0.25) is 0 Å². The van der Waals surface area contributed by atoms with Crippen molar-refractivity contribution in [2.75, 3.05) is 0 Å². The van der Waals surface area contributed by atoms with Crippen LogP contribution < -0.4 is 0 Å². The SMILES string of the molecule is OC1C2C=CC(O2)C(O)C(O)C1O. The summed E-state index contributed by atoms with van der Waals surface area (Å²) in [4.78, 5) is 0. The molecule has 0 spiro atoms. The van der Waals surface area contributed by atoms with Crippen molar-refractivity contribution in [3.8, 4) is 0 Å². The van der Waals surface area contributed by atoms with Crippen LogP contribution in [0.15, 0.2) is 12.2 Å². The average Bonchev–Trinajstić information content (AvgIpc) is 2.59. The number of hydrogen-bond donors (Lipinski definition) is 4. The van der Waals surface area contributed by atoms with Crippen molar-refractivity contribution in [3.63, 3.8) is 0 Å². The van der Waals surface area contributed by atoms with Crippen molar-refractivity contribution in [3.05, 3.63) is 12.2 Å². The molecule has 1 saturated heterocycles. The van der Waals surface area contributed by atoms with Gasteiger partial charge in [-0.3, -0.25) is 0 Å². The predicted octanol–water partition coefficient (Wildman–Crippen LogP) is -2.23. The molecule has 0 aromatic rings. The molecular weight excluding hydrogens is 176 g/mol. The lowest BCUT2D eigenvalue weighted by Gasteiger charge is -2.24. The summed E-state index contributed by atoms with van der Waals surface area (Å²) in [6.07, 6.45) is -3.22. The Morgan fingerprint density at radius 1 is 0.692 bits per heavy atom. The van der Waals surface area contributed by atoms with E-state index in [1.54, 1.807) is 12.2 Å². The molecule has 0 saturated carbocycles. The van der Waals surface area contributed by atoms with Gasteiger partial charge in [-0.25, -0.2) is 0 Å². The van der Waals surface area contributed by atoms with Crippen LogP contribution in [-0.4, -0.2) is 57.0 Å². The first-order valence-electron chi connectivity index (χ1n) is 4.17. The smallest absolute Gasteiger partial charge is 0.112 e. The Labute approximate surface area is 74.9 Å². The molecule has 4 N–H and O–H groups in total. The first-order valence-corrected chi connectivity index (χ1v) is 4.17. The predicted molar refractivity (Wildman–Crippen MR) is 41.8 cm³/mol. The summed E-state index contributed by atoms with van der Waals surface area (Å²) in [6.45, 7) is 0. The summed E-state index contributed by atoms with van der Waals surface area (Å²) >= 11 is 0. The summed E-state index contributed by atoms with van der Waals surface area (Å²) in [5.41, 5.74) is 0. The maximum Gasteiger partial charge on any atom is 0.112 e. The molecule has 0 radical (unpaired) electrons. The van der Waals surface area contributed by atoms with Crippen molar-refractivity contribution in [1.29, 1.82) is 0 Å². The van der Waals surface area contributed by atoms with E-state index in [0.717, 1.165) is 0 Å². The van der Waals surface area contributed by atoms with Gasteiger partial charge in [-0.15, -0.1) is 0 Å². The lowest BCUT2D eigenvalue weighted by molar-refractivity contribution is -0.0975. The van der Waals surface area contributed by atoms with Crippen LogP contribution in [-0.2, 0) is 4.74 Å². The monoisotopic (exact) mass is 188 g/mol. The number of aliphatic hydroxyl groups is 4. The zero-order valence-corrected chi connectivity index (χ0v) is 6.82. The molecule has 2 heterocycles. The Hall–Kier alpha value is -0.460.